The maximum atomic E-state index is 5.09. The summed E-state index contributed by atoms with van der Waals surface area (Å²) in [5.74, 6) is 6.61. The highest BCUT2D eigenvalue weighted by molar-refractivity contribution is 5.48. The molecule has 2 heteroatoms. The molecule has 0 bridgehead atoms. The lowest BCUT2D eigenvalue weighted by Crippen LogP contribution is -1.98. The standard InChI is InChI=1S/C11H13NO/c1-3-4-8-12-10-6-5-7-11(9-10)13-2/h5-7,9,12H,8H2,1-2H3. The molecule has 1 N–H and O–H groups in total. The minimum atomic E-state index is 0.670. The van der Waals surface area contributed by atoms with Crippen LogP contribution in [0.15, 0.2) is 24.3 Å². The van der Waals surface area contributed by atoms with Gasteiger partial charge in [0.05, 0.1) is 13.7 Å². The second kappa shape index (κ2) is 5.10. The highest BCUT2D eigenvalue weighted by atomic mass is 16.5. The van der Waals surface area contributed by atoms with E-state index in [-0.39, 0.29) is 0 Å². The van der Waals surface area contributed by atoms with E-state index in [9.17, 15) is 0 Å². The zero-order valence-corrected chi connectivity index (χ0v) is 7.92. The van der Waals surface area contributed by atoms with Crippen molar-refractivity contribution < 1.29 is 4.74 Å². The Balaban J connectivity index is 2.59. The molecule has 0 aliphatic rings. The SMILES string of the molecule is CC#CCNc1cccc(OC)c1. The Morgan fingerprint density at radius 3 is 3.00 bits per heavy atom. The Morgan fingerprint density at radius 1 is 1.46 bits per heavy atom. The van der Waals surface area contributed by atoms with E-state index >= 15 is 0 Å². The second-order valence-electron chi connectivity index (χ2n) is 2.51. The predicted molar refractivity (Wildman–Crippen MR) is 54.9 cm³/mol. The summed E-state index contributed by atoms with van der Waals surface area (Å²) in [6, 6.07) is 7.79. The van der Waals surface area contributed by atoms with Gasteiger partial charge in [-0.2, -0.15) is 0 Å². The van der Waals surface area contributed by atoms with Crippen molar-refractivity contribution in [3.63, 3.8) is 0 Å². The molecule has 0 atom stereocenters. The van der Waals surface area contributed by atoms with Crippen LogP contribution in [0.2, 0.25) is 0 Å². The van der Waals surface area contributed by atoms with E-state index in [1.54, 1.807) is 7.11 Å². The molecule has 0 unspecified atom stereocenters. The first-order chi connectivity index (χ1) is 6.36. The first kappa shape index (κ1) is 9.47. The Kier molecular flexibility index (Phi) is 3.72. The van der Waals surface area contributed by atoms with Gasteiger partial charge in [0.15, 0.2) is 0 Å². The molecule has 68 valence electrons. The number of hydrogen-bond acceptors (Lipinski definition) is 2. The lowest BCUT2D eigenvalue weighted by Gasteiger charge is -2.04. The van der Waals surface area contributed by atoms with Crippen molar-refractivity contribution >= 4 is 5.69 Å². The minimum absolute atomic E-state index is 0.670. The highest BCUT2D eigenvalue weighted by Crippen LogP contribution is 2.15. The summed E-state index contributed by atoms with van der Waals surface area (Å²) >= 11 is 0. The Morgan fingerprint density at radius 2 is 2.31 bits per heavy atom. The van der Waals surface area contributed by atoms with E-state index in [2.05, 4.69) is 17.2 Å². The van der Waals surface area contributed by atoms with Crippen LogP contribution < -0.4 is 10.1 Å². The first-order valence-corrected chi connectivity index (χ1v) is 4.14. The molecule has 0 saturated heterocycles. The van der Waals surface area contributed by atoms with Crippen LogP contribution in [0.3, 0.4) is 0 Å². The van der Waals surface area contributed by atoms with Gasteiger partial charge in [0.25, 0.3) is 0 Å². The average Bonchev–Trinajstić information content (AvgIpc) is 2.19. The lowest BCUT2D eigenvalue weighted by atomic mass is 10.3. The maximum Gasteiger partial charge on any atom is 0.120 e. The van der Waals surface area contributed by atoms with Gasteiger partial charge in [-0.3, -0.25) is 0 Å². The van der Waals surface area contributed by atoms with Crippen molar-refractivity contribution in [2.45, 2.75) is 6.92 Å². The molecule has 0 amide bonds. The van der Waals surface area contributed by atoms with Crippen LogP contribution in [-0.2, 0) is 0 Å². The van der Waals surface area contributed by atoms with Crippen molar-refractivity contribution in [3.05, 3.63) is 24.3 Å². The van der Waals surface area contributed by atoms with E-state index in [4.69, 9.17) is 4.74 Å². The van der Waals surface area contributed by atoms with Crippen molar-refractivity contribution in [1.82, 2.24) is 0 Å². The molecule has 0 spiro atoms. The number of methoxy groups -OCH3 is 1. The average molecular weight is 175 g/mol. The fourth-order valence-corrected chi connectivity index (χ4v) is 0.968. The van der Waals surface area contributed by atoms with Crippen molar-refractivity contribution in [2.24, 2.45) is 0 Å². The number of rotatable bonds is 3. The molecule has 0 heterocycles. The minimum Gasteiger partial charge on any atom is -0.497 e. The highest BCUT2D eigenvalue weighted by Gasteiger charge is 1.92. The fourth-order valence-electron chi connectivity index (χ4n) is 0.968. The van der Waals surface area contributed by atoms with E-state index in [0.717, 1.165) is 11.4 Å². The second-order valence-corrected chi connectivity index (χ2v) is 2.51. The number of hydrogen-bond donors (Lipinski definition) is 1. The van der Waals surface area contributed by atoms with Crippen LogP contribution in [0.25, 0.3) is 0 Å². The van der Waals surface area contributed by atoms with Crippen LogP contribution in [0, 0.1) is 11.8 Å². The van der Waals surface area contributed by atoms with Gasteiger partial charge >= 0.3 is 0 Å². The summed E-state index contributed by atoms with van der Waals surface area (Å²) in [5.41, 5.74) is 1.03. The van der Waals surface area contributed by atoms with Gasteiger partial charge in [0.1, 0.15) is 5.75 Å². The largest absolute Gasteiger partial charge is 0.497 e. The molecule has 0 radical (unpaired) electrons. The molecular weight excluding hydrogens is 162 g/mol. The summed E-state index contributed by atoms with van der Waals surface area (Å²) in [6.07, 6.45) is 0. The number of nitrogens with one attached hydrogen (secondary N) is 1. The van der Waals surface area contributed by atoms with Gasteiger partial charge in [-0.1, -0.05) is 12.0 Å². The van der Waals surface area contributed by atoms with Gasteiger partial charge in [0, 0.05) is 11.8 Å². The summed E-state index contributed by atoms with van der Waals surface area (Å²) in [7, 11) is 1.66. The third kappa shape index (κ3) is 3.08. The van der Waals surface area contributed by atoms with Crippen LogP contribution in [0.5, 0.6) is 5.75 Å². The third-order valence-electron chi connectivity index (χ3n) is 1.63. The van der Waals surface area contributed by atoms with Gasteiger partial charge in [0.2, 0.25) is 0 Å². The van der Waals surface area contributed by atoms with Gasteiger partial charge in [-0.25, -0.2) is 0 Å². The summed E-state index contributed by atoms with van der Waals surface area (Å²) in [6.45, 7) is 2.50. The zero-order chi connectivity index (χ0) is 9.52. The molecular formula is C11H13NO. The van der Waals surface area contributed by atoms with Crippen LogP contribution >= 0.6 is 0 Å². The topological polar surface area (TPSA) is 21.3 Å². The van der Waals surface area contributed by atoms with Crippen LogP contribution in [0.1, 0.15) is 6.92 Å². The fraction of sp³-hybridized carbons (Fsp3) is 0.273. The molecule has 0 saturated carbocycles. The monoisotopic (exact) mass is 175 g/mol. The van der Waals surface area contributed by atoms with E-state index < -0.39 is 0 Å². The molecule has 13 heavy (non-hydrogen) atoms. The normalized spacial score (nSPS) is 8.46. The summed E-state index contributed by atoms with van der Waals surface area (Å²) in [4.78, 5) is 0. The van der Waals surface area contributed by atoms with Crippen LogP contribution in [0.4, 0.5) is 5.69 Å². The van der Waals surface area contributed by atoms with Crippen molar-refractivity contribution in [1.29, 1.82) is 0 Å². The van der Waals surface area contributed by atoms with Gasteiger partial charge in [-0.05, 0) is 19.1 Å². The molecule has 1 rings (SSSR count). The smallest absolute Gasteiger partial charge is 0.120 e. The molecule has 0 fully saturated rings. The van der Waals surface area contributed by atoms with E-state index in [1.165, 1.54) is 0 Å². The molecule has 0 aliphatic carbocycles. The molecule has 2 nitrogen and oxygen atoms in total. The van der Waals surface area contributed by atoms with Crippen molar-refractivity contribution in [3.8, 4) is 17.6 Å². The molecule has 0 aliphatic heterocycles. The number of ether oxygens (including phenoxy) is 1. The van der Waals surface area contributed by atoms with Crippen LogP contribution in [-0.4, -0.2) is 13.7 Å². The summed E-state index contributed by atoms with van der Waals surface area (Å²) < 4.78 is 5.09. The zero-order valence-electron chi connectivity index (χ0n) is 7.92. The lowest BCUT2D eigenvalue weighted by molar-refractivity contribution is 0.415. The predicted octanol–water partition coefficient (Wildman–Crippen LogP) is 2.13. The Bertz CT molecular complexity index is 322. The van der Waals surface area contributed by atoms with Gasteiger partial charge in [-0.15, -0.1) is 5.92 Å². The van der Waals surface area contributed by atoms with Gasteiger partial charge < -0.3 is 10.1 Å². The van der Waals surface area contributed by atoms with Crippen molar-refractivity contribution in [2.75, 3.05) is 19.0 Å². The Labute approximate surface area is 78.9 Å². The summed E-state index contributed by atoms with van der Waals surface area (Å²) in [5, 5.41) is 3.17. The third-order valence-corrected chi connectivity index (χ3v) is 1.63. The molecule has 0 aromatic heterocycles. The maximum absolute atomic E-state index is 5.09. The quantitative estimate of drug-likeness (QED) is 0.710. The number of benzene rings is 1. The first-order valence-electron chi connectivity index (χ1n) is 4.14. The van der Waals surface area contributed by atoms with E-state index in [0.29, 0.717) is 6.54 Å². The molecule has 1 aromatic rings. The van der Waals surface area contributed by atoms with E-state index in [1.807, 2.05) is 31.2 Å². The Hall–Kier alpha value is -1.62. The number of anilines is 1. The molecule has 1 aromatic carbocycles.